The van der Waals surface area contributed by atoms with Crippen molar-refractivity contribution in [3.8, 4) is 0 Å². The van der Waals surface area contributed by atoms with Crippen LogP contribution in [0.2, 0.25) is 0 Å². The first-order valence-electron chi connectivity index (χ1n) is 6.96. The zero-order chi connectivity index (χ0) is 17.2. The summed E-state index contributed by atoms with van der Waals surface area (Å²) < 4.78 is 23.5. The van der Waals surface area contributed by atoms with Crippen LogP contribution in [0.5, 0.6) is 0 Å². The van der Waals surface area contributed by atoms with E-state index in [0.29, 0.717) is 11.1 Å². The van der Waals surface area contributed by atoms with Gasteiger partial charge in [-0.15, -0.1) is 0 Å². The molecule has 1 saturated heterocycles. The third kappa shape index (κ3) is 4.07. The number of cyclic esters (lactones) is 1. The number of nitrogens with zero attached hydrogens (tertiary/aromatic N) is 1. The van der Waals surface area contributed by atoms with E-state index in [1.165, 1.54) is 13.2 Å². The van der Waals surface area contributed by atoms with E-state index in [1.54, 1.807) is 32.9 Å². The van der Waals surface area contributed by atoms with Crippen molar-refractivity contribution in [1.29, 1.82) is 0 Å². The first kappa shape index (κ1) is 17.0. The monoisotopic (exact) mass is 323 g/mol. The lowest BCUT2D eigenvalue weighted by atomic mass is 10.1. The van der Waals surface area contributed by atoms with Crippen molar-refractivity contribution in [2.75, 3.05) is 7.11 Å². The molecule has 7 heteroatoms. The number of esters is 1. The molecule has 124 valence electrons. The molecule has 1 amide bonds. The average molecular weight is 323 g/mol. The summed E-state index contributed by atoms with van der Waals surface area (Å²) in [5, 5.41) is 1.03. The normalized spacial score (nSPS) is 17.8. The van der Waals surface area contributed by atoms with Crippen LogP contribution in [0.1, 0.15) is 25.0 Å². The molecule has 0 spiro atoms. The van der Waals surface area contributed by atoms with Gasteiger partial charge in [-0.05, 0) is 24.1 Å². The second kappa shape index (κ2) is 6.37. The first-order chi connectivity index (χ1) is 10.7. The van der Waals surface area contributed by atoms with Crippen LogP contribution in [-0.2, 0) is 30.4 Å². The lowest BCUT2D eigenvalue weighted by molar-refractivity contribution is -0.173. The van der Waals surface area contributed by atoms with Crippen molar-refractivity contribution in [2.24, 2.45) is 0 Å². The molecule has 2 rings (SSSR count). The summed E-state index contributed by atoms with van der Waals surface area (Å²) in [7, 11) is 1.32. The Bertz CT molecular complexity index is 668. The standard InChI is InChI=1S/C16H18FNO5/c1-10-7-11(5-6-12(10)17)9-18(21-4)14(19)8-13-15(20)23-16(2,3)22-13/h5-8H,9H2,1-4H3. The largest absolute Gasteiger partial charge is 0.445 e. The number of halogens is 1. The molecule has 1 aliphatic rings. The summed E-state index contributed by atoms with van der Waals surface area (Å²) in [5.41, 5.74) is 1.15. The van der Waals surface area contributed by atoms with Gasteiger partial charge < -0.3 is 9.47 Å². The minimum Gasteiger partial charge on any atom is -0.445 e. The van der Waals surface area contributed by atoms with E-state index in [-0.39, 0.29) is 18.1 Å². The van der Waals surface area contributed by atoms with E-state index in [1.807, 2.05) is 0 Å². The summed E-state index contributed by atoms with van der Waals surface area (Å²) in [6.45, 7) is 4.85. The van der Waals surface area contributed by atoms with Gasteiger partial charge >= 0.3 is 5.97 Å². The highest BCUT2D eigenvalue weighted by atomic mass is 19.1. The summed E-state index contributed by atoms with van der Waals surface area (Å²) >= 11 is 0. The molecule has 0 unspecified atom stereocenters. The Morgan fingerprint density at radius 1 is 1.39 bits per heavy atom. The minimum atomic E-state index is -1.10. The fraction of sp³-hybridized carbons (Fsp3) is 0.375. The molecular weight excluding hydrogens is 305 g/mol. The predicted octanol–water partition coefficient (Wildman–Crippen LogP) is 2.22. The molecule has 0 atom stereocenters. The van der Waals surface area contributed by atoms with Crippen LogP contribution in [0.25, 0.3) is 0 Å². The van der Waals surface area contributed by atoms with Crippen LogP contribution in [0.15, 0.2) is 30.0 Å². The number of aryl methyl sites for hydroxylation is 1. The highest BCUT2D eigenvalue weighted by Gasteiger charge is 2.38. The number of hydrogen-bond acceptors (Lipinski definition) is 5. The summed E-state index contributed by atoms with van der Waals surface area (Å²) in [6.07, 6.45) is 1.01. The second-order valence-electron chi connectivity index (χ2n) is 5.54. The number of hydroxylamine groups is 2. The highest BCUT2D eigenvalue weighted by molar-refractivity contribution is 5.97. The first-order valence-corrected chi connectivity index (χ1v) is 6.96. The van der Waals surface area contributed by atoms with E-state index >= 15 is 0 Å². The van der Waals surface area contributed by atoms with Crippen LogP contribution in [0, 0.1) is 12.7 Å². The van der Waals surface area contributed by atoms with Crippen LogP contribution < -0.4 is 0 Å². The maximum atomic E-state index is 13.3. The SMILES string of the molecule is CON(Cc1ccc(F)c(C)c1)C(=O)C=C1OC(C)(C)OC1=O. The minimum absolute atomic E-state index is 0.0959. The van der Waals surface area contributed by atoms with E-state index < -0.39 is 17.7 Å². The summed E-state index contributed by atoms with van der Waals surface area (Å²) in [5.74, 6) is -2.90. The molecule has 6 nitrogen and oxygen atoms in total. The summed E-state index contributed by atoms with van der Waals surface area (Å²) in [4.78, 5) is 28.8. The van der Waals surface area contributed by atoms with E-state index in [2.05, 4.69) is 0 Å². The van der Waals surface area contributed by atoms with Gasteiger partial charge in [0, 0.05) is 13.8 Å². The maximum absolute atomic E-state index is 13.3. The van der Waals surface area contributed by atoms with Crippen LogP contribution in [-0.4, -0.2) is 29.8 Å². The Balaban J connectivity index is 2.13. The number of amides is 1. The zero-order valence-electron chi connectivity index (χ0n) is 13.4. The average Bonchev–Trinajstić information content (AvgIpc) is 2.72. The van der Waals surface area contributed by atoms with Crippen molar-refractivity contribution in [1.82, 2.24) is 5.06 Å². The molecule has 1 heterocycles. The molecule has 1 aromatic carbocycles. The number of rotatable bonds is 4. The van der Waals surface area contributed by atoms with Gasteiger partial charge in [0.15, 0.2) is 0 Å². The number of hydrogen-bond donors (Lipinski definition) is 0. The Morgan fingerprint density at radius 3 is 2.61 bits per heavy atom. The third-order valence-corrected chi connectivity index (χ3v) is 3.16. The molecule has 0 N–H and O–H groups in total. The Labute approximate surface area is 133 Å². The van der Waals surface area contributed by atoms with Gasteiger partial charge in [-0.1, -0.05) is 12.1 Å². The summed E-state index contributed by atoms with van der Waals surface area (Å²) in [6, 6.07) is 4.49. The van der Waals surface area contributed by atoms with Crippen LogP contribution >= 0.6 is 0 Å². The van der Waals surface area contributed by atoms with Gasteiger partial charge in [0.2, 0.25) is 11.5 Å². The Kier molecular flexibility index (Phi) is 4.70. The van der Waals surface area contributed by atoms with E-state index in [9.17, 15) is 14.0 Å². The van der Waals surface area contributed by atoms with E-state index in [4.69, 9.17) is 14.3 Å². The van der Waals surface area contributed by atoms with Crippen LogP contribution in [0.3, 0.4) is 0 Å². The van der Waals surface area contributed by atoms with Crippen LogP contribution in [0.4, 0.5) is 4.39 Å². The smallest absolute Gasteiger partial charge is 0.377 e. The van der Waals surface area contributed by atoms with Crippen molar-refractivity contribution < 1.29 is 28.3 Å². The number of carbonyl (C=O) groups excluding carboxylic acids is 2. The van der Waals surface area contributed by atoms with Gasteiger partial charge in [-0.25, -0.2) is 14.2 Å². The molecule has 1 aromatic rings. The van der Waals surface area contributed by atoms with Gasteiger partial charge in [-0.3, -0.25) is 9.63 Å². The topological polar surface area (TPSA) is 65.1 Å². The molecule has 0 bridgehead atoms. The molecule has 0 aromatic heterocycles. The third-order valence-electron chi connectivity index (χ3n) is 3.16. The molecular formula is C16H18FNO5. The van der Waals surface area contributed by atoms with Crippen molar-refractivity contribution in [3.05, 3.63) is 47.0 Å². The molecule has 0 aliphatic carbocycles. The predicted molar refractivity (Wildman–Crippen MR) is 78.0 cm³/mol. The van der Waals surface area contributed by atoms with Crippen molar-refractivity contribution >= 4 is 11.9 Å². The molecule has 1 aliphatic heterocycles. The lowest BCUT2D eigenvalue weighted by Crippen LogP contribution is -2.28. The number of carbonyl (C=O) groups is 2. The van der Waals surface area contributed by atoms with Gasteiger partial charge in [0.1, 0.15) is 5.82 Å². The number of benzene rings is 1. The second-order valence-corrected chi connectivity index (χ2v) is 5.54. The van der Waals surface area contributed by atoms with E-state index in [0.717, 1.165) is 11.1 Å². The van der Waals surface area contributed by atoms with Gasteiger partial charge in [-0.2, -0.15) is 0 Å². The zero-order valence-corrected chi connectivity index (χ0v) is 13.4. The fourth-order valence-corrected chi connectivity index (χ4v) is 2.08. The van der Waals surface area contributed by atoms with Crippen molar-refractivity contribution in [3.63, 3.8) is 0 Å². The van der Waals surface area contributed by atoms with Crippen molar-refractivity contribution in [2.45, 2.75) is 33.1 Å². The Morgan fingerprint density at radius 2 is 2.09 bits per heavy atom. The highest BCUT2D eigenvalue weighted by Crippen LogP contribution is 2.26. The molecule has 23 heavy (non-hydrogen) atoms. The lowest BCUT2D eigenvalue weighted by Gasteiger charge is -2.18. The quantitative estimate of drug-likeness (QED) is 0.483. The fourth-order valence-electron chi connectivity index (χ4n) is 2.08. The molecule has 0 radical (unpaired) electrons. The van der Waals surface area contributed by atoms with Gasteiger partial charge in [0.05, 0.1) is 19.7 Å². The number of ether oxygens (including phenoxy) is 2. The maximum Gasteiger partial charge on any atom is 0.377 e. The van der Waals surface area contributed by atoms with Gasteiger partial charge in [0.25, 0.3) is 5.91 Å². The molecule has 0 saturated carbocycles. The Hall–Kier alpha value is -2.41. The molecule has 1 fully saturated rings.